The van der Waals surface area contributed by atoms with E-state index in [1.807, 2.05) is 24.4 Å². The van der Waals surface area contributed by atoms with E-state index in [4.69, 9.17) is 0 Å². The highest BCUT2D eigenvalue weighted by Crippen LogP contribution is 2.22. The number of carbonyl (C=O) groups excluding carboxylic acids is 1. The van der Waals surface area contributed by atoms with Gasteiger partial charge in [-0.25, -0.2) is 23.3 Å². The van der Waals surface area contributed by atoms with Crippen LogP contribution in [0.2, 0.25) is 0 Å². The number of fused-ring (bicyclic) bond motifs is 1. The molecule has 0 spiro atoms. The van der Waals surface area contributed by atoms with Gasteiger partial charge >= 0.3 is 0 Å². The molecule has 0 bridgehead atoms. The van der Waals surface area contributed by atoms with Crippen LogP contribution in [-0.4, -0.2) is 51.6 Å². The van der Waals surface area contributed by atoms with E-state index in [2.05, 4.69) is 20.0 Å². The van der Waals surface area contributed by atoms with Crippen molar-refractivity contribution in [2.45, 2.75) is 13.3 Å². The van der Waals surface area contributed by atoms with E-state index >= 15 is 0 Å². The van der Waals surface area contributed by atoms with Gasteiger partial charge in [0.25, 0.3) is 18.2 Å². The first kappa shape index (κ1) is 17.3. The van der Waals surface area contributed by atoms with Gasteiger partial charge in [0, 0.05) is 11.8 Å². The number of rotatable bonds is 3. The van der Waals surface area contributed by atoms with Crippen LogP contribution >= 0.6 is 0 Å². The van der Waals surface area contributed by atoms with Crippen molar-refractivity contribution < 1.29 is 18.6 Å². The Bertz CT molecular complexity index is 967. The number of halogens is 2. The Kier molecular flexibility index (Phi) is 4.43. The summed E-state index contributed by atoms with van der Waals surface area (Å²) in [5.41, 5.74) is 0.590. The molecule has 0 saturated carbocycles. The number of pyridine rings is 1. The Morgan fingerprint density at radius 1 is 1.22 bits per heavy atom. The Morgan fingerprint density at radius 3 is 2.67 bits per heavy atom. The summed E-state index contributed by atoms with van der Waals surface area (Å²) in [7, 11) is 0. The zero-order valence-corrected chi connectivity index (χ0v) is 14.8. The molecule has 4 rings (SSSR count). The zero-order chi connectivity index (χ0) is 19.0. The molecule has 1 N–H and O–H groups in total. The third-order valence-electron chi connectivity index (χ3n) is 4.68. The Hall–Kier alpha value is -3.10. The first-order chi connectivity index (χ1) is 13.0. The van der Waals surface area contributed by atoms with Crippen molar-refractivity contribution >= 4 is 17.4 Å². The molecule has 3 aromatic heterocycles. The van der Waals surface area contributed by atoms with E-state index < -0.39 is 6.43 Å². The SMILES string of the molecule is Cc1cc(C(F)F)n2ncc(C(=O)N3CCN(c4cccc[nH+]4)CC3)c2n1. The number of anilines is 1. The van der Waals surface area contributed by atoms with Crippen LogP contribution in [0.4, 0.5) is 14.6 Å². The van der Waals surface area contributed by atoms with Gasteiger partial charge in [0.2, 0.25) is 0 Å². The van der Waals surface area contributed by atoms with E-state index in [0.29, 0.717) is 31.9 Å². The lowest BCUT2D eigenvalue weighted by molar-refractivity contribution is -0.364. The molecule has 1 fully saturated rings. The van der Waals surface area contributed by atoms with Gasteiger partial charge in [0.05, 0.1) is 25.5 Å². The fourth-order valence-corrected chi connectivity index (χ4v) is 3.32. The Labute approximate surface area is 154 Å². The van der Waals surface area contributed by atoms with Crippen molar-refractivity contribution in [1.82, 2.24) is 19.5 Å². The summed E-state index contributed by atoms with van der Waals surface area (Å²) in [5.74, 6) is 0.763. The van der Waals surface area contributed by atoms with E-state index in [1.54, 1.807) is 11.8 Å². The second-order valence-corrected chi connectivity index (χ2v) is 6.44. The minimum atomic E-state index is -2.69. The quantitative estimate of drug-likeness (QED) is 0.702. The highest BCUT2D eigenvalue weighted by Gasteiger charge is 2.29. The normalized spacial score (nSPS) is 15.0. The van der Waals surface area contributed by atoms with Crippen molar-refractivity contribution in [1.29, 1.82) is 0 Å². The third-order valence-corrected chi connectivity index (χ3v) is 4.68. The molecule has 0 radical (unpaired) electrons. The van der Waals surface area contributed by atoms with Crippen molar-refractivity contribution in [3.63, 3.8) is 0 Å². The molecular formula is C18H19F2N6O+. The Balaban J connectivity index is 1.56. The lowest BCUT2D eigenvalue weighted by Crippen LogP contribution is -2.50. The van der Waals surface area contributed by atoms with E-state index in [-0.39, 0.29) is 22.8 Å². The smallest absolute Gasteiger partial charge is 0.280 e. The average molecular weight is 373 g/mol. The van der Waals surface area contributed by atoms with Gasteiger partial charge in [0.1, 0.15) is 24.3 Å². The summed E-state index contributed by atoms with van der Waals surface area (Å²) in [5, 5.41) is 3.97. The van der Waals surface area contributed by atoms with Crippen LogP contribution in [0.5, 0.6) is 0 Å². The van der Waals surface area contributed by atoms with Crippen LogP contribution in [0.3, 0.4) is 0 Å². The highest BCUT2D eigenvalue weighted by atomic mass is 19.3. The predicted molar refractivity (Wildman–Crippen MR) is 93.8 cm³/mol. The number of nitrogens with zero attached hydrogens (tertiary/aromatic N) is 5. The molecule has 140 valence electrons. The van der Waals surface area contributed by atoms with Crippen molar-refractivity contribution in [2.75, 3.05) is 31.1 Å². The Morgan fingerprint density at radius 2 is 2.00 bits per heavy atom. The number of H-pyrrole nitrogens is 1. The molecule has 1 aliphatic rings. The molecule has 1 saturated heterocycles. The van der Waals surface area contributed by atoms with Gasteiger partial charge in [-0.15, -0.1) is 0 Å². The van der Waals surface area contributed by atoms with Crippen molar-refractivity contribution in [3.8, 4) is 0 Å². The number of piperazine rings is 1. The molecule has 3 aromatic rings. The molecular weight excluding hydrogens is 354 g/mol. The van der Waals surface area contributed by atoms with Gasteiger partial charge in [0.15, 0.2) is 5.65 Å². The summed E-state index contributed by atoms with van der Waals surface area (Å²) in [6.45, 7) is 4.06. The fourth-order valence-electron chi connectivity index (χ4n) is 3.32. The minimum absolute atomic E-state index is 0.175. The number of nitrogens with one attached hydrogen (secondary N) is 1. The number of aromatic nitrogens is 4. The molecule has 0 atom stereocenters. The fraction of sp³-hybridized carbons (Fsp3) is 0.333. The van der Waals surface area contributed by atoms with Gasteiger partial charge in [-0.3, -0.25) is 9.69 Å². The number of hydrogen-bond acceptors (Lipinski definition) is 4. The van der Waals surface area contributed by atoms with Crippen molar-refractivity contribution in [2.24, 2.45) is 0 Å². The van der Waals surface area contributed by atoms with Crippen LogP contribution in [0.15, 0.2) is 36.7 Å². The topological polar surface area (TPSA) is 67.9 Å². The largest absolute Gasteiger partial charge is 0.331 e. The van der Waals surface area contributed by atoms with Crippen LogP contribution in [0.25, 0.3) is 5.65 Å². The maximum Gasteiger partial charge on any atom is 0.280 e. The van der Waals surface area contributed by atoms with E-state index in [9.17, 15) is 13.6 Å². The minimum Gasteiger partial charge on any atom is -0.331 e. The molecule has 1 aliphatic heterocycles. The average Bonchev–Trinajstić information content (AvgIpc) is 3.11. The summed E-state index contributed by atoms with van der Waals surface area (Å²) in [6.07, 6.45) is 0.496. The van der Waals surface area contributed by atoms with Crippen molar-refractivity contribution in [3.05, 3.63) is 53.6 Å². The summed E-state index contributed by atoms with van der Waals surface area (Å²) >= 11 is 0. The third kappa shape index (κ3) is 3.20. The molecule has 1 amide bonds. The van der Waals surface area contributed by atoms with Gasteiger partial charge in [-0.05, 0) is 19.1 Å². The van der Waals surface area contributed by atoms with Gasteiger partial charge < -0.3 is 4.90 Å². The maximum absolute atomic E-state index is 13.3. The summed E-state index contributed by atoms with van der Waals surface area (Å²) in [6, 6.07) is 7.14. The van der Waals surface area contributed by atoms with Crippen LogP contribution in [-0.2, 0) is 0 Å². The second-order valence-electron chi connectivity index (χ2n) is 6.44. The van der Waals surface area contributed by atoms with Crippen LogP contribution in [0, 0.1) is 6.92 Å². The van der Waals surface area contributed by atoms with E-state index in [1.165, 1.54) is 12.3 Å². The van der Waals surface area contributed by atoms with Gasteiger partial charge in [-0.1, -0.05) is 6.07 Å². The standard InChI is InChI=1S/C18H18F2N6O/c1-12-10-14(16(19)20)26-17(23-12)13(11-22-26)18(27)25-8-6-24(7-9-25)15-4-2-3-5-21-15/h2-5,10-11,16H,6-9H2,1H3/p+1. The first-order valence-electron chi connectivity index (χ1n) is 8.69. The second kappa shape index (κ2) is 6.90. The molecule has 4 heterocycles. The molecule has 0 unspecified atom stereocenters. The number of aromatic amines is 1. The number of aryl methyl sites for hydroxylation is 1. The molecule has 0 aliphatic carbocycles. The monoisotopic (exact) mass is 373 g/mol. The number of carbonyl (C=O) groups is 1. The molecule has 9 heteroatoms. The number of alkyl halides is 2. The molecule has 0 aromatic carbocycles. The molecule has 7 nitrogen and oxygen atoms in total. The predicted octanol–water partition coefficient (Wildman–Crippen LogP) is 1.75. The summed E-state index contributed by atoms with van der Waals surface area (Å²) in [4.78, 5) is 24.3. The summed E-state index contributed by atoms with van der Waals surface area (Å²) < 4.78 is 27.6. The highest BCUT2D eigenvalue weighted by molar-refractivity contribution is 5.99. The lowest BCUT2D eigenvalue weighted by Gasteiger charge is -2.30. The zero-order valence-electron chi connectivity index (χ0n) is 14.8. The van der Waals surface area contributed by atoms with Crippen LogP contribution < -0.4 is 9.88 Å². The lowest BCUT2D eigenvalue weighted by atomic mass is 10.2. The maximum atomic E-state index is 13.3. The number of amides is 1. The first-order valence-corrected chi connectivity index (χ1v) is 8.69. The molecule has 27 heavy (non-hydrogen) atoms. The van der Waals surface area contributed by atoms with Gasteiger partial charge in [-0.2, -0.15) is 5.10 Å². The van der Waals surface area contributed by atoms with E-state index in [0.717, 1.165) is 10.3 Å². The van der Waals surface area contributed by atoms with Crippen LogP contribution in [0.1, 0.15) is 28.2 Å². The number of hydrogen-bond donors (Lipinski definition) is 0.